The van der Waals surface area contributed by atoms with Gasteiger partial charge < -0.3 is 10.7 Å². The van der Waals surface area contributed by atoms with Crippen molar-refractivity contribution in [3.63, 3.8) is 0 Å². The Morgan fingerprint density at radius 3 is 2.29 bits per heavy atom. The molecule has 0 spiro atoms. The number of H-pyrrole nitrogens is 1. The number of carbonyl (C=O) groups excluding carboxylic acids is 1. The zero-order valence-electron chi connectivity index (χ0n) is 14.9. The summed E-state index contributed by atoms with van der Waals surface area (Å²) in [5.74, 6) is 1.18. The number of primary amides is 1. The molecule has 0 aliphatic heterocycles. The highest BCUT2D eigenvalue weighted by Gasteiger charge is 2.26. The molecule has 1 aliphatic carbocycles. The number of nitrogens with one attached hydrogen (secondary N) is 1. The van der Waals surface area contributed by atoms with Crippen LogP contribution in [0.2, 0.25) is 0 Å². The minimum Gasteiger partial charge on any atom is -0.366 e. The lowest BCUT2D eigenvalue weighted by Crippen LogP contribution is -2.13. The van der Waals surface area contributed by atoms with E-state index in [1.807, 2.05) is 12.1 Å². The summed E-state index contributed by atoms with van der Waals surface area (Å²) in [5, 5.41) is 0. The molecule has 0 bridgehead atoms. The van der Waals surface area contributed by atoms with Gasteiger partial charge in [-0.3, -0.25) is 4.79 Å². The molecule has 3 rings (SSSR count). The second-order valence-electron chi connectivity index (χ2n) is 7.87. The molecule has 1 aromatic carbocycles. The van der Waals surface area contributed by atoms with E-state index in [0.717, 1.165) is 17.1 Å². The fourth-order valence-corrected chi connectivity index (χ4v) is 3.44. The van der Waals surface area contributed by atoms with Crippen LogP contribution in [0.1, 0.15) is 80.7 Å². The third-order valence-corrected chi connectivity index (χ3v) is 4.90. The van der Waals surface area contributed by atoms with Crippen LogP contribution in [0.15, 0.2) is 24.3 Å². The Balaban J connectivity index is 2.04. The maximum Gasteiger partial charge on any atom is 0.248 e. The highest BCUT2D eigenvalue weighted by Crippen LogP contribution is 2.38. The van der Waals surface area contributed by atoms with Gasteiger partial charge in [-0.15, -0.1) is 0 Å². The number of nitrogens with two attached hydrogens (primary N) is 1. The summed E-state index contributed by atoms with van der Waals surface area (Å²) in [6, 6.07) is 7.48. The molecule has 128 valence electrons. The van der Waals surface area contributed by atoms with Gasteiger partial charge in [-0.25, -0.2) is 4.98 Å². The molecule has 1 aromatic heterocycles. The quantitative estimate of drug-likeness (QED) is 0.871. The van der Waals surface area contributed by atoms with Gasteiger partial charge in [-0.1, -0.05) is 52.2 Å². The first-order valence-electron chi connectivity index (χ1n) is 8.87. The Kier molecular flexibility index (Phi) is 4.48. The number of nitrogens with zero attached hydrogens (tertiary/aromatic N) is 1. The molecule has 1 fully saturated rings. The minimum absolute atomic E-state index is 0.0190. The van der Waals surface area contributed by atoms with Gasteiger partial charge in [-0.05, 0) is 25.0 Å². The number of imidazole rings is 1. The molecule has 2 aromatic rings. The van der Waals surface area contributed by atoms with Crippen molar-refractivity contribution < 1.29 is 4.79 Å². The van der Waals surface area contributed by atoms with Gasteiger partial charge in [-0.2, -0.15) is 0 Å². The van der Waals surface area contributed by atoms with Crippen LogP contribution in [0.25, 0.3) is 11.3 Å². The number of carbonyl (C=O) groups is 1. The highest BCUT2D eigenvalue weighted by molar-refractivity contribution is 5.93. The van der Waals surface area contributed by atoms with Gasteiger partial charge in [0.25, 0.3) is 0 Å². The molecule has 0 radical (unpaired) electrons. The fourth-order valence-electron chi connectivity index (χ4n) is 3.44. The van der Waals surface area contributed by atoms with Gasteiger partial charge in [0, 0.05) is 28.2 Å². The zero-order valence-corrected chi connectivity index (χ0v) is 14.9. The Hall–Kier alpha value is -2.10. The summed E-state index contributed by atoms with van der Waals surface area (Å²) in [7, 11) is 0. The first-order valence-corrected chi connectivity index (χ1v) is 8.87. The summed E-state index contributed by atoms with van der Waals surface area (Å²) >= 11 is 0. The first-order chi connectivity index (χ1) is 11.4. The Morgan fingerprint density at radius 1 is 1.12 bits per heavy atom. The van der Waals surface area contributed by atoms with Crippen molar-refractivity contribution >= 4 is 5.91 Å². The van der Waals surface area contributed by atoms with Gasteiger partial charge >= 0.3 is 0 Å². The van der Waals surface area contributed by atoms with Gasteiger partial charge in [0.05, 0.1) is 5.69 Å². The van der Waals surface area contributed by atoms with E-state index < -0.39 is 5.91 Å². The van der Waals surface area contributed by atoms with Crippen LogP contribution in [-0.2, 0) is 5.41 Å². The van der Waals surface area contributed by atoms with E-state index in [1.54, 1.807) is 12.1 Å². The van der Waals surface area contributed by atoms with Gasteiger partial charge in [0.1, 0.15) is 5.82 Å². The van der Waals surface area contributed by atoms with E-state index >= 15 is 0 Å². The monoisotopic (exact) mass is 325 g/mol. The number of aromatic amines is 1. The molecule has 0 saturated heterocycles. The van der Waals surface area contributed by atoms with Crippen molar-refractivity contribution in [2.45, 2.75) is 64.2 Å². The van der Waals surface area contributed by atoms with Gasteiger partial charge in [0.2, 0.25) is 5.91 Å². The lowest BCUT2D eigenvalue weighted by molar-refractivity contribution is 0.100. The van der Waals surface area contributed by atoms with Crippen LogP contribution in [0.5, 0.6) is 0 Å². The van der Waals surface area contributed by atoms with Crippen LogP contribution in [0.3, 0.4) is 0 Å². The number of amides is 1. The smallest absolute Gasteiger partial charge is 0.248 e. The maximum atomic E-state index is 11.3. The predicted molar refractivity (Wildman–Crippen MR) is 97.1 cm³/mol. The topological polar surface area (TPSA) is 71.8 Å². The third-order valence-electron chi connectivity index (χ3n) is 4.90. The van der Waals surface area contributed by atoms with E-state index in [2.05, 4.69) is 25.8 Å². The number of rotatable bonds is 3. The van der Waals surface area contributed by atoms with Crippen molar-refractivity contribution in [3.8, 4) is 11.3 Å². The average molecular weight is 325 g/mol. The van der Waals surface area contributed by atoms with Gasteiger partial charge in [0.15, 0.2) is 0 Å². The SMILES string of the molecule is CC(C)(C)c1nc(-c2ccc(C(N)=O)cc2)c(C2CCCCC2)[nH]1. The average Bonchev–Trinajstić information content (AvgIpc) is 3.01. The van der Waals surface area contributed by atoms with E-state index in [-0.39, 0.29) is 5.41 Å². The third kappa shape index (κ3) is 3.37. The fraction of sp³-hybridized carbons (Fsp3) is 0.500. The van der Waals surface area contributed by atoms with Crippen molar-refractivity contribution in [3.05, 3.63) is 41.3 Å². The minimum atomic E-state index is -0.397. The number of benzene rings is 1. The second-order valence-corrected chi connectivity index (χ2v) is 7.87. The van der Waals surface area contributed by atoms with Crippen LogP contribution in [0, 0.1) is 0 Å². The largest absolute Gasteiger partial charge is 0.366 e. The van der Waals surface area contributed by atoms with E-state index in [1.165, 1.54) is 37.8 Å². The normalized spacial score (nSPS) is 16.3. The molecule has 24 heavy (non-hydrogen) atoms. The predicted octanol–water partition coefficient (Wildman–Crippen LogP) is 4.52. The molecule has 1 saturated carbocycles. The van der Waals surface area contributed by atoms with Crippen LogP contribution in [0.4, 0.5) is 0 Å². The molecule has 3 N–H and O–H groups in total. The molecular weight excluding hydrogens is 298 g/mol. The van der Waals surface area contributed by atoms with Crippen molar-refractivity contribution in [1.82, 2.24) is 9.97 Å². The summed E-state index contributed by atoms with van der Waals surface area (Å²) in [6.45, 7) is 6.53. The van der Waals surface area contributed by atoms with Crippen LogP contribution in [-0.4, -0.2) is 15.9 Å². The Bertz CT molecular complexity index is 716. The molecule has 1 amide bonds. The number of hydrogen-bond donors (Lipinski definition) is 2. The summed E-state index contributed by atoms with van der Waals surface area (Å²) in [4.78, 5) is 19.9. The van der Waals surface area contributed by atoms with E-state index in [0.29, 0.717) is 11.5 Å². The molecule has 1 aliphatic rings. The lowest BCUT2D eigenvalue weighted by Gasteiger charge is -2.22. The summed E-state index contributed by atoms with van der Waals surface area (Å²) in [5.41, 5.74) is 9.20. The molecule has 1 heterocycles. The Labute approximate surface area is 143 Å². The first kappa shape index (κ1) is 16.7. The molecule has 0 unspecified atom stereocenters. The van der Waals surface area contributed by atoms with Crippen molar-refractivity contribution in [2.24, 2.45) is 5.73 Å². The molecule has 4 nitrogen and oxygen atoms in total. The van der Waals surface area contributed by atoms with E-state index in [9.17, 15) is 4.79 Å². The number of aromatic nitrogens is 2. The molecule has 0 atom stereocenters. The van der Waals surface area contributed by atoms with Crippen molar-refractivity contribution in [1.29, 1.82) is 0 Å². The Morgan fingerprint density at radius 2 is 1.75 bits per heavy atom. The van der Waals surface area contributed by atoms with Crippen LogP contribution < -0.4 is 5.73 Å². The summed E-state index contributed by atoms with van der Waals surface area (Å²) in [6.07, 6.45) is 6.35. The molecular formula is C20H27N3O. The zero-order chi connectivity index (χ0) is 17.3. The second kappa shape index (κ2) is 6.42. The van der Waals surface area contributed by atoms with E-state index in [4.69, 9.17) is 10.7 Å². The maximum absolute atomic E-state index is 11.3. The number of hydrogen-bond acceptors (Lipinski definition) is 2. The van der Waals surface area contributed by atoms with Crippen LogP contribution >= 0.6 is 0 Å². The standard InChI is InChI=1S/C20H27N3O/c1-20(2,3)19-22-16(13-7-5-4-6-8-13)17(23-19)14-9-11-15(12-10-14)18(21)24/h9-13H,4-8H2,1-3H3,(H2,21,24)(H,22,23). The van der Waals surface area contributed by atoms with Crippen molar-refractivity contribution in [2.75, 3.05) is 0 Å². The molecule has 4 heteroatoms. The highest BCUT2D eigenvalue weighted by atomic mass is 16.1. The lowest BCUT2D eigenvalue weighted by atomic mass is 9.85. The summed E-state index contributed by atoms with van der Waals surface area (Å²) < 4.78 is 0.